The number of rotatable bonds is 4. The quantitative estimate of drug-likeness (QED) is 0.559. The Hall–Kier alpha value is -3.74. The number of ether oxygens (including phenoxy) is 1. The molecule has 0 aliphatic carbocycles. The van der Waals surface area contributed by atoms with Crippen molar-refractivity contribution < 1.29 is 13.9 Å². The number of aromatic nitrogens is 3. The number of carbonyl (C=O) groups excluding carboxylic acids is 1. The number of methoxy groups -OCH3 is 1. The molecule has 0 fully saturated rings. The monoisotopic (exact) mass is 390 g/mol. The van der Waals surface area contributed by atoms with Gasteiger partial charge in [-0.1, -0.05) is 12.1 Å². The van der Waals surface area contributed by atoms with E-state index in [0.29, 0.717) is 45.1 Å². The number of halogens is 1. The lowest BCUT2D eigenvalue weighted by Gasteiger charge is -2.11. The second kappa shape index (κ2) is 7.35. The van der Waals surface area contributed by atoms with E-state index in [2.05, 4.69) is 15.4 Å². The van der Waals surface area contributed by atoms with Crippen LogP contribution in [0.4, 0.5) is 10.1 Å². The Balaban J connectivity index is 1.83. The van der Waals surface area contributed by atoms with Gasteiger partial charge >= 0.3 is 0 Å². The van der Waals surface area contributed by atoms with Crippen LogP contribution in [0.3, 0.4) is 0 Å². The first kappa shape index (κ1) is 18.6. The molecule has 4 rings (SSSR count). The van der Waals surface area contributed by atoms with E-state index in [1.54, 1.807) is 42.1 Å². The van der Waals surface area contributed by atoms with Gasteiger partial charge in [0.05, 0.1) is 35.1 Å². The zero-order valence-corrected chi connectivity index (χ0v) is 16.2. The summed E-state index contributed by atoms with van der Waals surface area (Å²) in [5.74, 6) is -0.0451. The van der Waals surface area contributed by atoms with Gasteiger partial charge in [-0.2, -0.15) is 5.10 Å². The molecule has 1 amide bonds. The number of hydrogen-bond acceptors (Lipinski definition) is 4. The molecule has 0 unspecified atom stereocenters. The average molecular weight is 390 g/mol. The van der Waals surface area contributed by atoms with E-state index in [9.17, 15) is 9.18 Å². The number of anilines is 1. The van der Waals surface area contributed by atoms with Crippen LogP contribution in [-0.4, -0.2) is 27.8 Å². The predicted octanol–water partition coefficient (Wildman–Crippen LogP) is 4.44. The molecule has 0 aliphatic heterocycles. The molecule has 2 aromatic carbocycles. The summed E-state index contributed by atoms with van der Waals surface area (Å²) >= 11 is 0. The van der Waals surface area contributed by atoms with Crippen LogP contribution < -0.4 is 10.1 Å². The molecule has 6 nitrogen and oxygen atoms in total. The molecule has 146 valence electrons. The van der Waals surface area contributed by atoms with Gasteiger partial charge in [-0.25, -0.2) is 14.1 Å². The Morgan fingerprint density at radius 3 is 2.55 bits per heavy atom. The third-order valence-corrected chi connectivity index (χ3v) is 4.61. The second-order valence-corrected chi connectivity index (χ2v) is 6.64. The third-order valence-electron chi connectivity index (χ3n) is 4.61. The van der Waals surface area contributed by atoms with Gasteiger partial charge < -0.3 is 10.1 Å². The molecule has 2 heterocycles. The molecule has 0 saturated heterocycles. The summed E-state index contributed by atoms with van der Waals surface area (Å²) < 4.78 is 20.3. The van der Waals surface area contributed by atoms with E-state index >= 15 is 0 Å². The van der Waals surface area contributed by atoms with E-state index in [-0.39, 0.29) is 11.7 Å². The summed E-state index contributed by atoms with van der Waals surface area (Å²) in [4.78, 5) is 17.7. The van der Waals surface area contributed by atoms with Crippen molar-refractivity contribution in [2.75, 3.05) is 12.4 Å². The van der Waals surface area contributed by atoms with Crippen LogP contribution in [0.15, 0.2) is 54.6 Å². The number of aryl methyl sites for hydroxylation is 2. The number of fused-ring (bicyclic) bond motifs is 1. The van der Waals surface area contributed by atoms with Crippen LogP contribution in [0.1, 0.15) is 21.7 Å². The van der Waals surface area contributed by atoms with E-state index in [0.717, 1.165) is 0 Å². The lowest BCUT2D eigenvalue weighted by atomic mass is 10.1. The van der Waals surface area contributed by atoms with Gasteiger partial charge in [0.25, 0.3) is 5.91 Å². The lowest BCUT2D eigenvalue weighted by Crippen LogP contribution is -2.14. The van der Waals surface area contributed by atoms with Crippen LogP contribution in [0, 0.1) is 19.7 Å². The van der Waals surface area contributed by atoms with Crippen LogP contribution >= 0.6 is 0 Å². The van der Waals surface area contributed by atoms with Gasteiger partial charge in [0.2, 0.25) is 0 Å². The Morgan fingerprint density at radius 2 is 1.83 bits per heavy atom. The highest BCUT2D eigenvalue weighted by Crippen LogP contribution is 2.28. The number of hydrogen-bond donors (Lipinski definition) is 1. The summed E-state index contributed by atoms with van der Waals surface area (Å²) in [6.45, 7) is 3.63. The molecule has 0 bridgehead atoms. The van der Waals surface area contributed by atoms with Gasteiger partial charge in [-0.15, -0.1) is 0 Å². The van der Waals surface area contributed by atoms with Crippen molar-refractivity contribution in [2.24, 2.45) is 0 Å². The maximum Gasteiger partial charge on any atom is 0.256 e. The van der Waals surface area contributed by atoms with E-state index in [1.807, 2.05) is 26.0 Å². The van der Waals surface area contributed by atoms with Crippen molar-refractivity contribution in [3.05, 3.63) is 77.4 Å². The van der Waals surface area contributed by atoms with Crippen LogP contribution in [0.2, 0.25) is 0 Å². The number of carbonyl (C=O) groups is 1. The van der Waals surface area contributed by atoms with Gasteiger partial charge in [-0.3, -0.25) is 4.79 Å². The zero-order chi connectivity index (χ0) is 20.5. The molecular weight excluding hydrogens is 371 g/mol. The topological polar surface area (TPSA) is 69.0 Å². The van der Waals surface area contributed by atoms with Crippen LogP contribution in [0.25, 0.3) is 16.7 Å². The Bertz CT molecular complexity index is 1220. The summed E-state index contributed by atoms with van der Waals surface area (Å²) in [5, 5.41) is 8.09. The fourth-order valence-electron chi connectivity index (χ4n) is 3.29. The van der Waals surface area contributed by atoms with Crippen LogP contribution in [0.5, 0.6) is 5.75 Å². The fourth-order valence-corrected chi connectivity index (χ4v) is 3.29. The molecule has 29 heavy (non-hydrogen) atoms. The molecule has 0 radical (unpaired) electrons. The first-order valence-corrected chi connectivity index (χ1v) is 9.05. The van der Waals surface area contributed by atoms with Crippen molar-refractivity contribution in [2.45, 2.75) is 13.8 Å². The van der Waals surface area contributed by atoms with E-state index < -0.39 is 0 Å². The Labute approximate surface area is 167 Å². The largest absolute Gasteiger partial charge is 0.495 e. The fraction of sp³-hybridized carbons (Fsp3) is 0.136. The first-order valence-electron chi connectivity index (χ1n) is 9.05. The highest BCUT2D eigenvalue weighted by molar-refractivity contribution is 6.13. The first-order chi connectivity index (χ1) is 14.0. The average Bonchev–Trinajstić information content (AvgIpc) is 3.04. The summed E-state index contributed by atoms with van der Waals surface area (Å²) in [6, 6.07) is 14.9. The zero-order valence-electron chi connectivity index (χ0n) is 16.2. The van der Waals surface area contributed by atoms with E-state index in [1.165, 1.54) is 12.1 Å². The van der Waals surface area contributed by atoms with Gasteiger partial charge in [0.1, 0.15) is 11.6 Å². The van der Waals surface area contributed by atoms with Crippen molar-refractivity contribution in [1.82, 2.24) is 14.8 Å². The number of nitrogens with zero attached hydrogens (tertiary/aromatic N) is 3. The summed E-state index contributed by atoms with van der Waals surface area (Å²) in [6.07, 6.45) is 0. The van der Waals surface area contributed by atoms with E-state index in [4.69, 9.17) is 4.74 Å². The Kier molecular flexibility index (Phi) is 4.72. The lowest BCUT2D eigenvalue weighted by molar-refractivity contribution is 0.102. The SMILES string of the molecule is COc1ccccc1NC(=O)c1cc(C)nc2c1c(C)nn2-c1ccc(F)cc1. The minimum absolute atomic E-state index is 0.285. The third kappa shape index (κ3) is 3.42. The summed E-state index contributed by atoms with van der Waals surface area (Å²) in [5.41, 5.74) is 3.57. The molecule has 4 aromatic rings. The van der Waals surface area contributed by atoms with Crippen LogP contribution in [-0.2, 0) is 0 Å². The number of pyridine rings is 1. The van der Waals surface area contributed by atoms with Crippen molar-refractivity contribution in [3.8, 4) is 11.4 Å². The van der Waals surface area contributed by atoms with Gasteiger partial charge in [-0.05, 0) is 56.3 Å². The van der Waals surface area contributed by atoms with Gasteiger partial charge in [0, 0.05) is 5.69 Å². The second-order valence-electron chi connectivity index (χ2n) is 6.64. The number of nitrogens with one attached hydrogen (secondary N) is 1. The molecule has 0 saturated carbocycles. The van der Waals surface area contributed by atoms with Gasteiger partial charge in [0.15, 0.2) is 5.65 Å². The molecular formula is C22H19FN4O2. The summed E-state index contributed by atoms with van der Waals surface area (Å²) in [7, 11) is 1.55. The van der Waals surface area contributed by atoms with Crippen molar-refractivity contribution >= 4 is 22.6 Å². The maximum atomic E-state index is 13.3. The standard InChI is InChI=1S/C22H19FN4O2/c1-13-12-17(22(28)25-18-6-4-5-7-19(18)29-3)20-14(2)26-27(21(20)24-13)16-10-8-15(23)9-11-16/h4-12H,1-3H3,(H,25,28). The highest BCUT2D eigenvalue weighted by atomic mass is 19.1. The smallest absolute Gasteiger partial charge is 0.256 e. The number of amides is 1. The van der Waals surface area contributed by atoms with Crippen molar-refractivity contribution in [3.63, 3.8) is 0 Å². The normalized spacial score (nSPS) is 10.9. The van der Waals surface area contributed by atoms with Crippen molar-refractivity contribution in [1.29, 1.82) is 0 Å². The minimum Gasteiger partial charge on any atom is -0.495 e. The number of benzene rings is 2. The molecule has 1 N–H and O–H groups in total. The molecule has 0 aliphatic rings. The molecule has 0 atom stereocenters. The molecule has 2 aromatic heterocycles. The molecule has 0 spiro atoms. The molecule has 7 heteroatoms. The maximum absolute atomic E-state index is 13.3. The number of para-hydroxylation sites is 2. The minimum atomic E-state index is -0.331. The highest BCUT2D eigenvalue weighted by Gasteiger charge is 2.20. The predicted molar refractivity (Wildman–Crippen MR) is 109 cm³/mol. The Morgan fingerprint density at radius 1 is 1.10 bits per heavy atom.